The zero-order valence-electron chi connectivity index (χ0n) is 24.9. The van der Waals surface area contributed by atoms with Crippen molar-refractivity contribution in [2.24, 2.45) is 0 Å². The lowest BCUT2D eigenvalue weighted by Crippen LogP contribution is -2.50. The summed E-state index contributed by atoms with van der Waals surface area (Å²) in [6.45, 7) is 8.39. The number of piperazine rings is 1. The van der Waals surface area contributed by atoms with E-state index in [1.807, 2.05) is 69.6 Å². The van der Waals surface area contributed by atoms with Crippen LogP contribution in [0.4, 0.5) is 22.0 Å². The van der Waals surface area contributed by atoms with Gasteiger partial charge in [0.05, 0.1) is 12.7 Å². The van der Waals surface area contributed by atoms with Gasteiger partial charge in [0.2, 0.25) is 5.91 Å². The van der Waals surface area contributed by atoms with E-state index < -0.39 is 5.60 Å². The molecule has 0 radical (unpaired) electrons. The predicted molar refractivity (Wildman–Crippen MR) is 165 cm³/mol. The fraction of sp³-hybridized carbons (Fsp3) is 0.406. The highest BCUT2D eigenvalue weighted by atomic mass is 16.6. The third-order valence-corrected chi connectivity index (χ3v) is 7.86. The summed E-state index contributed by atoms with van der Waals surface area (Å²) in [6.07, 6.45) is 5.19. The Labute approximate surface area is 251 Å². The smallest absolute Gasteiger partial charge is 0.410 e. The highest BCUT2D eigenvalue weighted by Gasteiger charge is 2.33. The van der Waals surface area contributed by atoms with Crippen molar-refractivity contribution in [3.05, 3.63) is 72.8 Å². The zero-order chi connectivity index (χ0) is 30.0. The van der Waals surface area contributed by atoms with Gasteiger partial charge in [0.15, 0.2) is 17.0 Å². The Morgan fingerprint density at radius 1 is 0.930 bits per heavy atom. The monoisotopic (exact) mass is 582 g/mol. The van der Waals surface area contributed by atoms with Gasteiger partial charge in [0.1, 0.15) is 11.9 Å². The molecule has 2 amide bonds. The largest absolute Gasteiger partial charge is 0.444 e. The fourth-order valence-electron chi connectivity index (χ4n) is 5.57. The molecule has 11 heteroatoms. The first kappa shape index (κ1) is 28.4. The van der Waals surface area contributed by atoms with Crippen molar-refractivity contribution >= 4 is 40.4 Å². The number of rotatable bonds is 7. The number of nitrogens with zero attached hydrogens (tertiary/aromatic N) is 6. The summed E-state index contributed by atoms with van der Waals surface area (Å²) in [5, 5.41) is 6.54. The van der Waals surface area contributed by atoms with E-state index in [0.717, 1.165) is 48.5 Å². The number of anilines is 3. The van der Waals surface area contributed by atoms with Crippen molar-refractivity contribution in [3.8, 4) is 0 Å². The van der Waals surface area contributed by atoms with E-state index in [9.17, 15) is 9.59 Å². The maximum atomic E-state index is 12.4. The molecule has 0 unspecified atom stereocenters. The number of ether oxygens (including phenoxy) is 1. The van der Waals surface area contributed by atoms with Crippen LogP contribution in [0.25, 0.3) is 11.2 Å². The van der Waals surface area contributed by atoms with E-state index in [0.29, 0.717) is 30.8 Å². The molecule has 4 aromatic rings. The molecule has 1 saturated heterocycles. The molecule has 2 N–H and O–H groups in total. The molecule has 43 heavy (non-hydrogen) atoms. The summed E-state index contributed by atoms with van der Waals surface area (Å²) in [6, 6.07) is 18.4. The lowest BCUT2D eigenvalue weighted by atomic mass is 9.86. The Bertz CT molecular complexity index is 1570. The van der Waals surface area contributed by atoms with Crippen LogP contribution in [0.2, 0.25) is 0 Å². The van der Waals surface area contributed by atoms with E-state index in [1.165, 1.54) is 0 Å². The molecule has 6 rings (SSSR count). The minimum absolute atomic E-state index is 0.0491. The van der Waals surface area contributed by atoms with Gasteiger partial charge in [-0.3, -0.25) is 4.79 Å². The number of nitrogens with one attached hydrogen (secondary N) is 2. The molecule has 1 aliphatic carbocycles. The number of amides is 2. The maximum Gasteiger partial charge on any atom is 0.410 e. The third kappa shape index (κ3) is 6.71. The van der Waals surface area contributed by atoms with Crippen LogP contribution in [0, 0.1) is 0 Å². The third-order valence-electron chi connectivity index (χ3n) is 7.86. The van der Waals surface area contributed by atoms with Crippen molar-refractivity contribution < 1.29 is 14.3 Å². The molecule has 224 valence electrons. The van der Waals surface area contributed by atoms with Crippen LogP contribution in [0.5, 0.6) is 0 Å². The van der Waals surface area contributed by atoms with Gasteiger partial charge in [-0.05, 0) is 63.4 Å². The standard InChI is InChI=1S/C32H38N8O3/c1-32(2,3)43-31(42)39-15-13-38(14-16-39)25-11-9-23(10-12-25)37-29-28-30(34-20-33-29)40(21-35-28)26-18-24(19-26)36-27(41)17-22-7-5-4-6-8-22/h4-12,20-21,24,26H,13-19H2,1-3H3,(H,36,41)(H,33,34,37). The van der Waals surface area contributed by atoms with Crippen molar-refractivity contribution in [1.29, 1.82) is 0 Å². The van der Waals surface area contributed by atoms with Crippen LogP contribution in [0.3, 0.4) is 0 Å². The van der Waals surface area contributed by atoms with Crippen LogP contribution >= 0.6 is 0 Å². The normalized spacial score (nSPS) is 18.7. The van der Waals surface area contributed by atoms with Crippen LogP contribution in [-0.2, 0) is 16.0 Å². The van der Waals surface area contributed by atoms with Gasteiger partial charge in [-0.2, -0.15) is 0 Å². The number of benzene rings is 2. The number of carbonyl (C=O) groups is 2. The Balaban J connectivity index is 1.03. The molecule has 1 aliphatic heterocycles. The van der Waals surface area contributed by atoms with E-state index in [-0.39, 0.29) is 24.1 Å². The summed E-state index contributed by atoms with van der Waals surface area (Å²) >= 11 is 0. The first-order chi connectivity index (χ1) is 20.7. The molecule has 0 bridgehead atoms. The quantitative estimate of drug-likeness (QED) is 0.322. The minimum atomic E-state index is -0.494. The van der Waals surface area contributed by atoms with Gasteiger partial charge in [0, 0.05) is 49.6 Å². The molecular weight excluding hydrogens is 544 g/mol. The Morgan fingerprint density at radius 2 is 1.65 bits per heavy atom. The molecule has 11 nitrogen and oxygen atoms in total. The number of hydrogen-bond donors (Lipinski definition) is 2. The summed E-state index contributed by atoms with van der Waals surface area (Å²) in [5.41, 5.74) is 4.00. The summed E-state index contributed by atoms with van der Waals surface area (Å²) in [5.74, 6) is 0.697. The van der Waals surface area contributed by atoms with E-state index in [1.54, 1.807) is 11.2 Å². The molecule has 2 fully saturated rings. The highest BCUT2D eigenvalue weighted by molar-refractivity contribution is 5.85. The van der Waals surface area contributed by atoms with Crippen molar-refractivity contribution in [1.82, 2.24) is 29.7 Å². The Kier molecular flexibility index (Phi) is 7.88. The molecule has 3 heterocycles. The van der Waals surface area contributed by atoms with Gasteiger partial charge in [0.25, 0.3) is 0 Å². The zero-order valence-corrected chi connectivity index (χ0v) is 24.9. The van der Waals surface area contributed by atoms with Crippen LogP contribution in [0.15, 0.2) is 67.3 Å². The second-order valence-electron chi connectivity index (χ2n) is 12.2. The van der Waals surface area contributed by atoms with Gasteiger partial charge in [-0.25, -0.2) is 19.7 Å². The summed E-state index contributed by atoms with van der Waals surface area (Å²) < 4.78 is 7.60. The summed E-state index contributed by atoms with van der Waals surface area (Å²) in [4.78, 5) is 42.5. The average Bonchev–Trinajstić information content (AvgIpc) is 3.39. The predicted octanol–water partition coefficient (Wildman–Crippen LogP) is 4.69. The fourth-order valence-corrected chi connectivity index (χ4v) is 5.57. The molecule has 1 saturated carbocycles. The highest BCUT2D eigenvalue weighted by Crippen LogP contribution is 2.35. The van der Waals surface area contributed by atoms with Crippen molar-refractivity contribution in [2.75, 3.05) is 36.4 Å². The van der Waals surface area contributed by atoms with Gasteiger partial charge in [-0.1, -0.05) is 30.3 Å². The Hall–Kier alpha value is -4.67. The lowest BCUT2D eigenvalue weighted by Gasteiger charge is -2.36. The number of fused-ring (bicyclic) bond motifs is 1. The number of carbonyl (C=O) groups excluding carboxylic acids is 2. The van der Waals surface area contributed by atoms with E-state index in [2.05, 4.69) is 47.2 Å². The van der Waals surface area contributed by atoms with Crippen LogP contribution < -0.4 is 15.5 Å². The number of hydrogen-bond acceptors (Lipinski definition) is 8. The summed E-state index contributed by atoms with van der Waals surface area (Å²) in [7, 11) is 0. The molecule has 0 spiro atoms. The minimum Gasteiger partial charge on any atom is -0.444 e. The average molecular weight is 583 g/mol. The second kappa shape index (κ2) is 11.9. The van der Waals surface area contributed by atoms with E-state index >= 15 is 0 Å². The van der Waals surface area contributed by atoms with Crippen LogP contribution in [-0.4, -0.2) is 74.2 Å². The SMILES string of the molecule is CC(C)(C)OC(=O)N1CCN(c2ccc(Nc3ncnc4c3ncn4C3CC(NC(=O)Cc4ccccc4)C3)cc2)CC1. The topological polar surface area (TPSA) is 118 Å². The van der Waals surface area contributed by atoms with Crippen LogP contribution in [0.1, 0.15) is 45.2 Å². The Morgan fingerprint density at radius 3 is 2.35 bits per heavy atom. The van der Waals surface area contributed by atoms with Gasteiger partial charge < -0.3 is 29.7 Å². The van der Waals surface area contributed by atoms with Crippen molar-refractivity contribution in [2.45, 2.75) is 57.7 Å². The van der Waals surface area contributed by atoms with Crippen molar-refractivity contribution in [3.63, 3.8) is 0 Å². The van der Waals surface area contributed by atoms with Gasteiger partial charge in [-0.15, -0.1) is 0 Å². The molecule has 0 atom stereocenters. The first-order valence-corrected chi connectivity index (χ1v) is 14.8. The molecule has 2 aromatic carbocycles. The first-order valence-electron chi connectivity index (χ1n) is 14.8. The number of aromatic nitrogens is 4. The molecule has 2 aromatic heterocycles. The lowest BCUT2D eigenvalue weighted by molar-refractivity contribution is -0.121. The molecule has 2 aliphatic rings. The second-order valence-corrected chi connectivity index (χ2v) is 12.2. The maximum absolute atomic E-state index is 12.4. The number of imidazole rings is 1. The van der Waals surface area contributed by atoms with Gasteiger partial charge >= 0.3 is 6.09 Å². The molecular formula is C32H38N8O3. The van der Waals surface area contributed by atoms with E-state index in [4.69, 9.17) is 4.74 Å².